The summed E-state index contributed by atoms with van der Waals surface area (Å²) >= 11 is 0. The van der Waals surface area contributed by atoms with Gasteiger partial charge in [0.1, 0.15) is 0 Å². The number of nitro groups is 1. The average molecular weight is 261 g/mol. The van der Waals surface area contributed by atoms with Gasteiger partial charge >= 0.3 is 5.69 Å². The number of benzene rings is 1. The zero-order valence-electron chi connectivity index (χ0n) is 10.2. The van der Waals surface area contributed by atoms with Crippen molar-refractivity contribution < 1.29 is 9.31 Å². The van der Waals surface area contributed by atoms with Crippen LogP contribution in [-0.2, 0) is 0 Å². The molecule has 1 N–H and O–H groups in total. The van der Waals surface area contributed by atoms with Gasteiger partial charge in [-0.1, -0.05) is 0 Å². The van der Waals surface area contributed by atoms with Gasteiger partial charge in [0.2, 0.25) is 5.82 Å². The van der Waals surface area contributed by atoms with E-state index < -0.39 is 16.4 Å². The molecule has 0 saturated heterocycles. The third-order valence-electron chi connectivity index (χ3n) is 2.73. The second-order valence-electron chi connectivity index (χ2n) is 4.07. The van der Waals surface area contributed by atoms with E-state index in [1.54, 1.807) is 12.4 Å². The molecule has 5 nitrogen and oxygen atoms in total. The Morgan fingerprint density at radius 1 is 1.32 bits per heavy atom. The van der Waals surface area contributed by atoms with E-state index in [0.29, 0.717) is 5.69 Å². The molecule has 19 heavy (non-hydrogen) atoms. The monoisotopic (exact) mass is 261 g/mol. The molecular formula is C13H12FN3O2. The zero-order chi connectivity index (χ0) is 13.8. The lowest BCUT2D eigenvalue weighted by Gasteiger charge is -2.15. The maximum Gasteiger partial charge on any atom is 0.306 e. The van der Waals surface area contributed by atoms with Crippen LogP contribution in [0.1, 0.15) is 18.5 Å². The van der Waals surface area contributed by atoms with Gasteiger partial charge in [-0.05, 0) is 36.8 Å². The number of pyridine rings is 1. The Hall–Kier alpha value is -2.50. The fraction of sp³-hybridized carbons (Fsp3) is 0.154. The predicted octanol–water partition coefficient (Wildman–Crippen LogP) is 3.30. The number of aromatic nitrogens is 1. The lowest BCUT2D eigenvalue weighted by atomic mass is 10.1. The van der Waals surface area contributed by atoms with E-state index in [4.69, 9.17) is 0 Å². The highest BCUT2D eigenvalue weighted by Gasteiger charge is 2.15. The van der Waals surface area contributed by atoms with E-state index in [0.717, 1.165) is 11.6 Å². The van der Waals surface area contributed by atoms with E-state index >= 15 is 0 Å². The lowest BCUT2D eigenvalue weighted by molar-refractivity contribution is -0.387. The van der Waals surface area contributed by atoms with Crippen LogP contribution in [-0.4, -0.2) is 9.91 Å². The van der Waals surface area contributed by atoms with Crippen molar-refractivity contribution in [2.75, 3.05) is 5.32 Å². The second kappa shape index (κ2) is 5.43. The van der Waals surface area contributed by atoms with E-state index in [2.05, 4.69) is 10.3 Å². The number of nitro benzene ring substituents is 1. The highest BCUT2D eigenvalue weighted by Crippen LogP contribution is 2.24. The molecule has 6 heteroatoms. The molecule has 0 saturated carbocycles. The normalized spacial score (nSPS) is 11.9. The van der Waals surface area contributed by atoms with E-state index in [1.807, 2.05) is 19.1 Å². The Morgan fingerprint density at radius 3 is 2.63 bits per heavy atom. The minimum Gasteiger partial charge on any atom is -0.378 e. The highest BCUT2D eigenvalue weighted by molar-refractivity contribution is 5.52. The maximum atomic E-state index is 13.2. The summed E-state index contributed by atoms with van der Waals surface area (Å²) in [4.78, 5) is 13.8. The van der Waals surface area contributed by atoms with Crippen molar-refractivity contribution in [2.24, 2.45) is 0 Å². The number of halogens is 1. The summed E-state index contributed by atoms with van der Waals surface area (Å²) in [6.07, 6.45) is 3.33. The molecule has 1 unspecified atom stereocenters. The van der Waals surface area contributed by atoms with Gasteiger partial charge in [0.15, 0.2) is 0 Å². The third kappa shape index (κ3) is 3.04. The molecule has 0 amide bonds. The summed E-state index contributed by atoms with van der Waals surface area (Å²) in [5.74, 6) is -0.841. The van der Waals surface area contributed by atoms with Crippen LogP contribution in [0, 0.1) is 15.9 Å². The molecule has 1 aromatic heterocycles. The number of rotatable bonds is 4. The van der Waals surface area contributed by atoms with Gasteiger partial charge in [-0.3, -0.25) is 15.1 Å². The minimum atomic E-state index is -0.841. The van der Waals surface area contributed by atoms with Gasteiger partial charge in [0.25, 0.3) is 0 Å². The largest absolute Gasteiger partial charge is 0.378 e. The molecule has 2 rings (SSSR count). The molecule has 98 valence electrons. The molecule has 0 radical (unpaired) electrons. The first-order valence-corrected chi connectivity index (χ1v) is 5.68. The van der Waals surface area contributed by atoms with E-state index in [-0.39, 0.29) is 6.04 Å². The van der Waals surface area contributed by atoms with Crippen molar-refractivity contribution in [1.82, 2.24) is 4.98 Å². The first-order chi connectivity index (χ1) is 9.08. The molecular weight excluding hydrogens is 249 g/mol. The van der Waals surface area contributed by atoms with Crippen molar-refractivity contribution in [2.45, 2.75) is 13.0 Å². The van der Waals surface area contributed by atoms with E-state index in [9.17, 15) is 14.5 Å². The molecule has 1 aromatic carbocycles. The average Bonchev–Trinajstić information content (AvgIpc) is 2.41. The summed E-state index contributed by atoms with van der Waals surface area (Å²) in [5, 5.41) is 13.7. The van der Waals surface area contributed by atoms with Gasteiger partial charge < -0.3 is 5.32 Å². The van der Waals surface area contributed by atoms with Gasteiger partial charge in [0, 0.05) is 30.2 Å². The van der Waals surface area contributed by atoms with E-state index in [1.165, 1.54) is 12.1 Å². The van der Waals surface area contributed by atoms with Crippen LogP contribution in [0.5, 0.6) is 0 Å². The SMILES string of the molecule is CC(Nc1ccc(F)c([N+](=O)[O-])c1)c1ccncc1. The standard InChI is InChI=1S/C13H12FN3O2/c1-9(10-4-6-15-7-5-10)16-11-2-3-12(14)13(8-11)17(18)19/h2-9,16H,1H3. The highest BCUT2D eigenvalue weighted by atomic mass is 19.1. The minimum absolute atomic E-state index is 0.0620. The van der Waals surface area contributed by atoms with Crippen LogP contribution >= 0.6 is 0 Å². The fourth-order valence-electron chi connectivity index (χ4n) is 1.73. The molecule has 0 fully saturated rings. The maximum absolute atomic E-state index is 13.2. The first kappa shape index (κ1) is 12.9. The Balaban J connectivity index is 2.20. The van der Waals surface area contributed by atoms with Crippen molar-refractivity contribution in [1.29, 1.82) is 0 Å². The molecule has 0 bridgehead atoms. The Bertz CT molecular complexity index is 590. The smallest absolute Gasteiger partial charge is 0.306 e. The van der Waals surface area contributed by atoms with Crippen LogP contribution in [0.25, 0.3) is 0 Å². The van der Waals surface area contributed by atoms with Crippen molar-refractivity contribution in [3.05, 3.63) is 64.2 Å². The van der Waals surface area contributed by atoms with Gasteiger partial charge in [-0.2, -0.15) is 4.39 Å². The topological polar surface area (TPSA) is 68.1 Å². The Morgan fingerprint density at radius 2 is 2.00 bits per heavy atom. The van der Waals surface area contributed by atoms with Gasteiger partial charge in [-0.15, -0.1) is 0 Å². The second-order valence-corrected chi connectivity index (χ2v) is 4.07. The molecule has 0 aliphatic heterocycles. The summed E-state index contributed by atoms with van der Waals surface area (Å²) < 4.78 is 13.2. The van der Waals surface area contributed by atoms with Crippen LogP contribution in [0.2, 0.25) is 0 Å². The summed E-state index contributed by atoms with van der Waals surface area (Å²) in [6, 6.07) is 7.37. The molecule has 2 aromatic rings. The number of nitrogens with one attached hydrogen (secondary N) is 1. The lowest BCUT2D eigenvalue weighted by Crippen LogP contribution is -2.07. The quantitative estimate of drug-likeness (QED) is 0.677. The Labute approximate surface area is 109 Å². The van der Waals surface area contributed by atoms with Crippen molar-refractivity contribution in [3.8, 4) is 0 Å². The van der Waals surface area contributed by atoms with Gasteiger partial charge in [0.05, 0.1) is 4.92 Å². The number of hydrogen-bond acceptors (Lipinski definition) is 4. The zero-order valence-corrected chi connectivity index (χ0v) is 10.2. The first-order valence-electron chi connectivity index (χ1n) is 5.68. The Kier molecular flexibility index (Phi) is 3.70. The van der Waals surface area contributed by atoms with Crippen molar-refractivity contribution in [3.63, 3.8) is 0 Å². The van der Waals surface area contributed by atoms with Crippen molar-refractivity contribution >= 4 is 11.4 Å². The third-order valence-corrected chi connectivity index (χ3v) is 2.73. The fourth-order valence-corrected chi connectivity index (χ4v) is 1.73. The molecule has 0 aliphatic carbocycles. The molecule has 1 heterocycles. The predicted molar refractivity (Wildman–Crippen MR) is 69.3 cm³/mol. The number of nitrogens with zero attached hydrogens (tertiary/aromatic N) is 2. The number of anilines is 1. The summed E-state index contributed by atoms with van der Waals surface area (Å²) in [5.41, 5.74) is 0.950. The molecule has 0 aliphatic rings. The molecule has 1 atom stereocenters. The van der Waals surface area contributed by atoms with Crippen LogP contribution in [0.3, 0.4) is 0 Å². The summed E-state index contributed by atoms with van der Waals surface area (Å²) in [7, 11) is 0. The number of hydrogen-bond donors (Lipinski definition) is 1. The van der Waals surface area contributed by atoms with Gasteiger partial charge in [-0.25, -0.2) is 0 Å². The van der Waals surface area contributed by atoms with Crippen LogP contribution in [0.15, 0.2) is 42.7 Å². The van der Waals surface area contributed by atoms with Crippen LogP contribution < -0.4 is 5.32 Å². The summed E-state index contributed by atoms with van der Waals surface area (Å²) in [6.45, 7) is 1.91. The molecule has 0 spiro atoms. The van der Waals surface area contributed by atoms with Crippen LogP contribution in [0.4, 0.5) is 15.8 Å².